The van der Waals surface area contributed by atoms with E-state index in [-0.39, 0.29) is 12.1 Å². The first kappa shape index (κ1) is 15.8. The van der Waals surface area contributed by atoms with Crippen molar-refractivity contribution in [3.05, 3.63) is 47.3 Å². The summed E-state index contributed by atoms with van der Waals surface area (Å²) in [6.45, 7) is 1.66. The van der Waals surface area contributed by atoms with Gasteiger partial charge in [-0.05, 0) is 24.6 Å². The zero-order valence-corrected chi connectivity index (χ0v) is 11.9. The van der Waals surface area contributed by atoms with Crippen molar-refractivity contribution in [2.24, 2.45) is 7.05 Å². The molecule has 0 spiro atoms. The second-order valence-electron chi connectivity index (χ2n) is 4.65. The Labute approximate surface area is 124 Å². The highest BCUT2D eigenvalue weighted by atomic mass is 19.2. The van der Waals surface area contributed by atoms with Gasteiger partial charge >= 0.3 is 6.03 Å². The quantitative estimate of drug-likeness (QED) is 0.845. The van der Waals surface area contributed by atoms with Gasteiger partial charge in [0, 0.05) is 7.05 Å². The van der Waals surface area contributed by atoms with Crippen LogP contribution in [0.4, 0.5) is 18.0 Å². The third-order valence-corrected chi connectivity index (χ3v) is 3.07. The Morgan fingerprint density at radius 1 is 1.32 bits per heavy atom. The zero-order chi connectivity index (χ0) is 16.3. The highest BCUT2D eigenvalue weighted by Gasteiger charge is 2.16. The Balaban J connectivity index is 1.95. The van der Waals surface area contributed by atoms with Crippen LogP contribution in [0.5, 0.6) is 0 Å². The number of rotatable bonds is 4. The van der Waals surface area contributed by atoms with E-state index < -0.39 is 29.5 Å². The fourth-order valence-corrected chi connectivity index (χ4v) is 1.80. The van der Waals surface area contributed by atoms with E-state index in [1.807, 2.05) is 0 Å². The summed E-state index contributed by atoms with van der Waals surface area (Å²) in [6, 6.07) is 0.419. The number of nitrogens with one attached hydrogen (secondary N) is 2. The highest BCUT2D eigenvalue weighted by Crippen LogP contribution is 2.18. The molecule has 1 heterocycles. The van der Waals surface area contributed by atoms with Gasteiger partial charge in [-0.3, -0.25) is 4.68 Å². The largest absolute Gasteiger partial charge is 0.332 e. The molecule has 2 N–H and O–H groups in total. The molecule has 0 unspecified atom stereocenters. The van der Waals surface area contributed by atoms with Gasteiger partial charge < -0.3 is 10.6 Å². The van der Waals surface area contributed by atoms with E-state index in [0.717, 1.165) is 12.1 Å². The third kappa shape index (κ3) is 3.54. The van der Waals surface area contributed by atoms with Crippen LogP contribution in [0.2, 0.25) is 0 Å². The molecule has 0 saturated heterocycles. The SMILES string of the molecule is C[C@@H](NC(=O)NCc1ncnn1C)c1cc(F)c(F)c(F)c1. The van der Waals surface area contributed by atoms with Crippen molar-refractivity contribution in [1.29, 1.82) is 0 Å². The molecular formula is C13H14F3N5O. The first-order chi connectivity index (χ1) is 10.4. The number of urea groups is 1. The first-order valence-electron chi connectivity index (χ1n) is 6.40. The molecule has 9 heteroatoms. The van der Waals surface area contributed by atoms with E-state index in [1.165, 1.54) is 17.9 Å². The van der Waals surface area contributed by atoms with Gasteiger partial charge in [0.2, 0.25) is 0 Å². The fourth-order valence-electron chi connectivity index (χ4n) is 1.80. The average molecular weight is 313 g/mol. The predicted molar refractivity (Wildman–Crippen MR) is 71.1 cm³/mol. The molecule has 2 amide bonds. The molecule has 0 saturated carbocycles. The van der Waals surface area contributed by atoms with Gasteiger partial charge in [0.25, 0.3) is 0 Å². The fraction of sp³-hybridized carbons (Fsp3) is 0.308. The number of aromatic nitrogens is 3. The van der Waals surface area contributed by atoms with Crippen LogP contribution in [0.3, 0.4) is 0 Å². The number of hydrogen-bond acceptors (Lipinski definition) is 3. The Morgan fingerprint density at radius 2 is 1.95 bits per heavy atom. The van der Waals surface area contributed by atoms with Crippen LogP contribution in [-0.2, 0) is 13.6 Å². The number of amides is 2. The van der Waals surface area contributed by atoms with Crippen molar-refractivity contribution in [3.63, 3.8) is 0 Å². The number of hydrogen-bond donors (Lipinski definition) is 2. The van der Waals surface area contributed by atoms with E-state index >= 15 is 0 Å². The molecule has 22 heavy (non-hydrogen) atoms. The molecule has 1 aromatic carbocycles. The van der Waals surface area contributed by atoms with Gasteiger partial charge in [-0.1, -0.05) is 0 Å². The Hall–Kier alpha value is -2.58. The minimum absolute atomic E-state index is 0.116. The second kappa shape index (κ2) is 6.46. The molecule has 0 fully saturated rings. The molecule has 1 aromatic heterocycles. The van der Waals surface area contributed by atoms with Crippen molar-refractivity contribution in [2.45, 2.75) is 19.5 Å². The zero-order valence-electron chi connectivity index (χ0n) is 11.9. The monoisotopic (exact) mass is 313 g/mol. The number of carbonyl (C=O) groups excluding carboxylic acids is 1. The predicted octanol–water partition coefficient (Wildman–Crippen LogP) is 1.79. The topological polar surface area (TPSA) is 71.8 Å². The number of benzene rings is 1. The van der Waals surface area contributed by atoms with E-state index in [9.17, 15) is 18.0 Å². The maximum absolute atomic E-state index is 13.2. The van der Waals surface area contributed by atoms with E-state index in [0.29, 0.717) is 5.82 Å². The molecule has 1 atom stereocenters. The molecule has 2 aromatic rings. The lowest BCUT2D eigenvalue weighted by atomic mass is 10.1. The average Bonchev–Trinajstić information content (AvgIpc) is 2.87. The van der Waals surface area contributed by atoms with Gasteiger partial charge in [0.15, 0.2) is 17.5 Å². The van der Waals surface area contributed by atoms with Crippen LogP contribution in [0.1, 0.15) is 24.4 Å². The molecule has 0 aliphatic heterocycles. The Kier molecular flexibility index (Phi) is 4.64. The lowest BCUT2D eigenvalue weighted by Crippen LogP contribution is -2.37. The maximum Gasteiger partial charge on any atom is 0.315 e. The van der Waals surface area contributed by atoms with E-state index in [1.54, 1.807) is 7.05 Å². The second-order valence-corrected chi connectivity index (χ2v) is 4.65. The third-order valence-electron chi connectivity index (χ3n) is 3.07. The van der Waals surface area contributed by atoms with Crippen LogP contribution >= 0.6 is 0 Å². The lowest BCUT2D eigenvalue weighted by molar-refractivity contribution is 0.237. The minimum atomic E-state index is -1.54. The molecule has 0 bridgehead atoms. The van der Waals surface area contributed by atoms with Crippen LogP contribution in [0, 0.1) is 17.5 Å². The van der Waals surface area contributed by atoms with Crippen molar-refractivity contribution >= 4 is 6.03 Å². The molecule has 2 rings (SSSR count). The lowest BCUT2D eigenvalue weighted by Gasteiger charge is -2.15. The standard InChI is InChI=1S/C13H14F3N5O/c1-7(8-3-9(14)12(16)10(15)4-8)20-13(22)17-5-11-18-6-19-21(11)2/h3-4,6-7H,5H2,1-2H3,(H2,17,20,22)/t7-/m1/s1. The van der Waals surface area contributed by atoms with Gasteiger partial charge in [-0.25, -0.2) is 22.9 Å². The molecule has 0 radical (unpaired) electrons. The summed E-state index contributed by atoms with van der Waals surface area (Å²) < 4.78 is 40.7. The number of carbonyl (C=O) groups is 1. The Bertz CT molecular complexity index is 665. The maximum atomic E-state index is 13.2. The summed E-state index contributed by atoms with van der Waals surface area (Å²) in [5.41, 5.74) is 0.116. The van der Waals surface area contributed by atoms with E-state index in [2.05, 4.69) is 20.7 Å². The first-order valence-corrected chi connectivity index (χ1v) is 6.40. The van der Waals surface area contributed by atoms with Gasteiger partial charge in [0.1, 0.15) is 12.2 Å². The normalized spacial score (nSPS) is 12.0. The summed E-state index contributed by atoms with van der Waals surface area (Å²) in [6.07, 6.45) is 1.35. The van der Waals surface area contributed by atoms with Gasteiger partial charge in [0.05, 0.1) is 12.6 Å². The van der Waals surface area contributed by atoms with Crippen LogP contribution in [0.15, 0.2) is 18.5 Å². The molecule has 0 aliphatic carbocycles. The van der Waals surface area contributed by atoms with Crippen molar-refractivity contribution in [1.82, 2.24) is 25.4 Å². The molecule has 118 valence electrons. The van der Waals surface area contributed by atoms with Gasteiger partial charge in [-0.15, -0.1) is 0 Å². The van der Waals surface area contributed by atoms with Crippen LogP contribution in [0.25, 0.3) is 0 Å². The van der Waals surface area contributed by atoms with Crippen LogP contribution < -0.4 is 10.6 Å². The summed E-state index contributed by atoms with van der Waals surface area (Å²) in [5.74, 6) is -3.60. The number of aryl methyl sites for hydroxylation is 1. The smallest absolute Gasteiger partial charge is 0.315 e. The van der Waals surface area contributed by atoms with Crippen molar-refractivity contribution in [3.8, 4) is 0 Å². The number of nitrogens with zero attached hydrogens (tertiary/aromatic N) is 3. The molecule has 6 nitrogen and oxygen atoms in total. The Morgan fingerprint density at radius 3 is 2.50 bits per heavy atom. The van der Waals surface area contributed by atoms with Crippen molar-refractivity contribution < 1.29 is 18.0 Å². The summed E-state index contributed by atoms with van der Waals surface area (Å²) >= 11 is 0. The number of halogens is 3. The highest BCUT2D eigenvalue weighted by molar-refractivity contribution is 5.74. The van der Waals surface area contributed by atoms with Crippen LogP contribution in [-0.4, -0.2) is 20.8 Å². The minimum Gasteiger partial charge on any atom is -0.332 e. The van der Waals surface area contributed by atoms with Crippen molar-refractivity contribution in [2.75, 3.05) is 0 Å². The van der Waals surface area contributed by atoms with E-state index in [4.69, 9.17) is 0 Å². The molecular weight excluding hydrogens is 299 g/mol. The summed E-state index contributed by atoms with van der Waals surface area (Å²) in [4.78, 5) is 15.7. The van der Waals surface area contributed by atoms with Gasteiger partial charge in [-0.2, -0.15) is 5.10 Å². The summed E-state index contributed by atoms with van der Waals surface area (Å²) in [7, 11) is 1.68. The molecule has 0 aliphatic rings. The summed E-state index contributed by atoms with van der Waals surface area (Å²) in [5, 5.41) is 8.87.